The van der Waals surface area contributed by atoms with Crippen molar-refractivity contribution in [2.24, 2.45) is 0 Å². The lowest BCUT2D eigenvalue weighted by molar-refractivity contribution is -0.133. The average Bonchev–Trinajstić information content (AvgIpc) is 2.72. The second-order valence-electron chi connectivity index (χ2n) is 7.40. The summed E-state index contributed by atoms with van der Waals surface area (Å²) in [5.41, 5.74) is 4.03. The van der Waals surface area contributed by atoms with Crippen molar-refractivity contribution in [2.75, 3.05) is 26.2 Å². The van der Waals surface area contributed by atoms with E-state index in [1.807, 2.05) is 23.1 Å². The fraction of sp³-hybridized carbons (Fsp3) is 0.455. The number of fused-ring (bicyclic) bond motifs is 1. The van der Waals surface area contributed by atoms with Gasteiger partial charge in [0, 0.05) is 50.5 Å². The molecule has 4 heteroatoms. The summed E-state index contributed by atoms with van der Waals surface area (Å²) in [6.07, 6.45) is 6.67. The normalized spacial score (nSPS) is 20.6. The Morgan fingerprint density at radius 1 is 1.00 bits per heavy atom. The number of carbonyl (C=O) groups is 1. The van der Waals surface area contributed by atoms with Gasteiger partial charge in [0.15, 0.2) is 0 Å². The third-order valence-corrected chi connectivity index (χ3v) is 5.83. The minimum absolute atomic E-state index is 0.268. The second kappa shape index (κ2) is 8.00. The Morgan fingerprint density at radius 2 is 1.77 bits per heavy atom. The van der Waals surface area contributed by atoms with Crippen LogP contribution in [0.2, 0.25) is 0 Å². The van der Waals surface area contributed by atoms with Crippen molar-refractivity contribution in [3.8, 4) is 0 Å². The van der Waals surface area contributed by atoms with E-state index in [1.165, 1.54) is 24.0 Å². The molecule has 2 aliphatic rings. The van der Waals surface area contributed by atoms with Gasteiger partial charge in [0.05, 0.1) is 0 Å². The van der Waals surface area contributed by atoms with Crippen molar-refractivity contribution >= 4 is 5.91 Å². The summed E-state index contributed by atoms with van der Waals surface area (Å²) in [5, 5.41) is 0. The summed E-state index contributed by atoms with van der Waals surface area (Å²) in [6.45, 7) is 3.72. The van der Waals surface area contributed by atoms with Crippen LogP contribution in [0, 0.1) is 0 Å². The number of hydrogen-bond acceptors (Lipinski definition) is 3. The molecule has 1 aromatic heterocycles. The van der Waals surface area contributed by atoms with E-state index in [0.717, 1.165) is 44.7 Å². The molecule has 1 atom stereocenters. The van der Waals surface area contributed by atoms with E-state index in [4.69, 9.17) is 0 Å². The van der Waals surface area contributed by atoms with E-state index in [0.29, 0.717) is 12.5 Å². The van der Waals surface area contributed by atoms with Gasteiger partial charge in [-0.1, -0.05) is 30.3 Å². The number of aryl methyl sites for hydroxylation is 2. The summed E-state index contributed by atoms with van der Waals surface area (Å²) in [4.78, 5) is 21.4. The van der Waals surface area contributed by atoms with Gasteiger partial charge >= 0.3 is 0 Å². The first kappa shape index (κ1) is 17.2. The fourth-order valence-corrected chi connectivity index (χ4v) is 4.27. The maximum atomic E-state index is 12.5. The number of nitrogens with zero attached hydrogens (tertiary/aromatic N) is 3. The third kappa shape index (κ3) is 3.96. The van der Waals surface area contributed by atoms with Crippen LogP contribution in [0.1, 0.15) is 29.7 Å². The lowest BCUT2D eigenvalue weighted by Gasteiger charge is -2.41. The molecule has 0 bridgehead atoms. The summed E-state index contributed by atoms with van der Waals surface area (Å²) in [6, 6.07) is 15.4. The van der Waals surface area contributed by atoms with Crippen molar-refractivity contribution in [3.05, 3.63) is 65.5 Å². The highest BCUT2D eigenvalue weighted by molar-refractivity contribution is 5.76. The van der Waals surface area contributed by atoms with Gasteiger partial charge in [0.1, 0.15) is 0 Å². The Labute approximate surface area is 155 Å². The van der Waals surface area contributed by atoms with Crippen LogP contribution in [-0.4, -0.2) is 52.9 Å². The zero-order chi connectivity index (χ0) is 17.8. The third-order valence-electron chi connectivity index (χ3n) is 5.83. The van der Waals surface area contributed by atoms with Crippen LogP contribution in [0.15, 0.2) is 48.7 Å². The summed E-state index contributed by atoms with van der Waals surface area (Å²) >= 11 is 0. The van der Waals surface area contributed by atoms with Crippen molar-refractivity contribution in [3.63, 3.8) is 0 Å². The van der Waals surface area contributed by atoms with Gasteiger partial charge < -0.3 is 4.90 Å². The number of carbonyl (C=O) groups excluding carboxylic acids is 1. The van der Waals surface area contributed by atoms with Crippen LogP contribution >= 0.6 is 0 Å². The van der Waals surface area contributed by atoms with Crippen molar-refractivity contribution in [2.45, 2.75) is 38.1 Å². The highest BCUT2D eigenvalue weighted by atomic mass is 16.2. The Morgan fingerprint density at radius 3 is 2.54 bits per heavy atom. The molecule has 136 valence electrons. The quantitative estimate of drug-likeness (QED) is 0.852. The van der Waals surface area contributed by atoms with E-state index in [9.17, 15) is 4.79 Å². The molecule has 1 fully saturated rings. The number of benzene rings is 1. The average molecular weight is 349 g/mol. The Bertz CT molecular complexity index is 738. The first-order valence-electron chi connectivity index (χ1n) is 9.78. The molecule has 2 heterocycles. The minimum Gasteiger partial charge on any atom is -0.340 e. The zero-order valence-electron chi connectivity index (χ0n) is 15.3. The van der Waals surface area contributed by atoms with Crippen LogP contribution in [0.5, 0.6) is 0 Å². The number of amides is 1. The molecule has 1 aliphatic carbocycles. The highest BCUT2D eigenvalue weighted by Gasteiger charge is 2.28. The van der Waals surface area contributed by atoms with Crippen LogP contribution < -0.4 is 0 Å². The van der Waals surface area contributed by atoms with Crippen LogP contribution in [0.3, 0.4) is 0 Å². The highest BCUT2D eigenvalue weighted by Crippen LogP contribution is 2.25. The monoisotopic (exact) mass is 349 g/mol. The van der Waals surface area contributed by atoms with E-state index >= 15 is 0 Å². The molecule has 1 aliphatic heterocycles. The predicted octanol–water partition coefficient (Wildman–Crippen LogP) is 2.72. The molecule has 0 N–H and O–H groups in total. The summed E-state index contributed by atoms with van der Waals surface area (Å²) in [5.74, 6) is 0.268. The van der Waals surface area contributed by atoms with Crippen LogP contribution in [0.25, 0.3) is 0 Å². The van der Waals surface area contributed by atoms with Gasteiger partial charge in [-0.2, -0.15) is 0 Å². The van der Waals surface area contributed by atoms with E-state index in [1.54, 1.807) is 6.20 Å². The lowest BCUT2D eigenvalue weighted by Crippen LogP contribution is -2.53. The van der Waals surface area contributed by atoms with Crippen molar-refractivity contribution in [1.29, 1.82) is 0 Å². The number of hydrogen-bond donors (Lipinski definition) is 0. The van der Waals surface area contributed by atoms with E-state index < -0.39 is 0 Å². The van der Waals surface area contributed by atoms with Gasteiger partial charge in [-0.25, -0.2) is 0 Å². The lowest BCUT2D eigenvalue weighted by atomic mass is 9.87. The maximum absolute atomic E-state index is 12.5. The Hall–Kier alpha value is -2.20. The van der Waals surface area contributed by atoms with Gasteiger partial charge in [0.2, 0.25) is 5.91 Å². The number of rotatable bonds is 4. The summed E-state index contributed by atoms with van der Waals surface area (Å²) < 4.78 is 0. The van der Waals surface area contributed by atoms with E-state index in [-0.39, 0.29) is 5.91 Å². The van der Waals surface area contributed by atoms with Gasteiger partial charge in [-0.05, 0) is 48.9 Å². The first-order valence-corrected chi connectivity index (χ1v) is 9.78. The first-order chi connectivity index (χ1) is 12.8. The molecule has 0 spiro atoms. The molecule has 1 saturated heterocycles. The molecule has 4 rings (SSSR count). The molecule has 26 heavy (non-hydrogen) atoms. The molecule has 0 radical (unpaired) electrons. The largest absolute Gasteiger partial charge is 0.340 e. The van der Waals surface area contributed by atoms with Crippen molar-refractivity contribution < 1.29 is 4.79 Å². The fourth-order valence-electron chi connectivity index (χ4n) is 4.27. The van der Waals surface area contributed by atoms with E-state index in [2.05, 4.69) is 34.1 Å². The molecule has 1 aromatic carbocycles. The minimum atomic E-state index is 0.268. The topological polar surface area (TPSA) is 36.4 Å². The van der Waals surface area contributed by atoms with Crippen LogP contribution in [-0.2, 0) is 24.1 Å². The molecular formula is C22H27N3O. The maximum Gasteiger partial charge on any atom is 0.223 e. The second-order valence-corrected chi connectivity index (χ2v) is 7.40. The Kier molecular flexibility index (Phi) is 5.30. The molecule has 0 saturated carbocycles. The number of piperazine rings is 1. The standard InChI is InChI=1S/C22H27N3O/c26-22(11-9-20-7-3-4-12-23-20)25-15-13-24(14-16-25)21-10-8-18-5-1-2-6-19(18)17-21/h1-7,12,21H,8-11,13-17H2/t21-/m1/s1. The molecule has 1 amide bonds. The van der Waals surface area contributed by atoms with Crippen molar-refractivity contribution in [1.82, 2.24) is 14.8 Å². The van der Waals surface area contributed by atoms with Gasteiger partial charge in [-0.15, -0.1) is 0 Å². The number of pyridine rings is 1. The molecular weight excluding hydrogens is 322 g/mol. The molecule has 0 unspecified atom stereocenters. The Balaban J connectivity index is 1.26. The molecule has 4 nitrogen and oxygen atoms in total. The van der Waals surface area contributed by atoms with Gasteiger partial charge in [-0.3, -0.25) is 14.7 Å². The molecule has 2 aromatic rings. The summed E-state index contributed by atoms with van der Waals surface area (Å²) in [7, 11) is 0. The van der Waals surface area contributed by atoms with Crippen LogP contribution in [0.4, 0.5) is 0 Å². The smallest absolute Gasteiger partial charge is 0.223 e. The zero-order valence-corrected chi connectivity index (χ0v) is 15.3. The SMILES string of the molecule is O=C(CCc1ccccn1)N1CCN([C@@H]2CCc3ccccc3C2)CC1. The van der Waals surface area contributed by atoms with Gasteiger partial charge in [0.25, 0.3) is 0 Å². The number of aromatic nitrogens is 1. The predicted molar refractivity (Wildman–Crippen MR) is 103 cm³/mol.